The minimum atomic E-state index is -3.94. The summed E-state index contributed by atoms with van der Waals surface area (Å²) < 4.78 is 59.4. The maximum absolute atomic E-state index is 13.6. The van der Waals surface area contributed by atoms with Crippen molar-refractivity contribution in [1.29, 1.82) is 0 Å². The Balaban J connectivity index is 2.45. The smallest absolute Gasteiger partial charge is 0.311 e. The van der Waals surface area contributed by atoms with Crippen LogP contribution in [0.2, 0.25) is 0 Å². The maximum Gasteiger partial charge on any atom is 0.311 e. The molecule has 0 saturated carbocycles. The third-order valence-electron chi connectivity index (χ3n) is 5.04. The number of rotatable bonds is 12. The van der Waals surface area contributed by atoms with Gasteiger partial charge in [0.1, 0.15) is 9.81 Å². The van der Waals surface area contributed by atoms with Gasteiger partial charge in [-0.05, 0) is 56.7 Å². The van der Waals surface area contributed by atoms with Gasteiger partial charge in [-0.25, -0.2) is 21.6 Å². The molecule has 1 aromatic carbocycles. The van der Waals surface area contributed by atoms with Crippen molar-refractivity contribution in [3.63, 3.8) is 0 Å². The maximum atomic E-state index is 13.6. The van der Waals surface area contributed by atoms with Crippen LogP contribution in [0.25, 0.3) is 0 Å². The first-order chi connectivity index (χ1) is 17.0. The molecule has 10 nitrogen and oxygen atoms in total. The minimum Gasteiger partial charge on any atom is -0.460 e. The zero-order chi connectivity index (χ0) is 28.0. The molecule has 0 radical (unpaired) electrons. The summed E-state index contributed by atoms with van der Waals surface area (Å²) in [7, 11) is -7.88. The Hall–Kier alpha value is -2.48. The number of esters is 1. The summed E-state index contributed by atoms with van der Waals surface area (Å²) in [5.41, 5.74) is 1.73. The second kappa shape index (κ2) is 12.4. The molecule has 1 heterocycles. The van der Waals surface area contributed by atoms with E-state index in [1.54, 1.807) is 50.4 Å². The fourth-order valence-electron chi connectivity index (χ4n) is 3.50. The van der Waals surface area contributed by atoms with Crippen LogP contribution in [0.15, 0.2) is 52.1 Å². The Morgan fingerprint density at radius 2 is 1.62 bits per heavy atom. The second-order valence-corrected chi connectivity index (χ2v) is 14.8. The van der Waals surface area contributed by atoms with E-state index in [1.165, 1.54) is 18.2 Å². The molecule has 0 bridgehead atoms. The van der Waals surface area contributed by atoms with Crippen LogP contribution in [0.3, 0.4) is 0 Å². The Labute approximate surface area is 223 Å². The molecule has 2 atom stereocenters. The summed E-state index contributed by atoms with van der Waals surface area (Å²) in [5.74, 6) is -3.94. The van der Waals surface area contributed by atoms with Crippen LogP contribution in [0.1, 0.15) is 41.0 Å². The number of sulfonamides is 2. The van der Waals surface area contributed by atoms with Gasteiger partial charge in [0.25, 0.3) is 0 Å². The van der Waals surface area contributed by atoms with Gasteiger partial charge < -0.3 is 4.74 Å². The molecule has 0 spiro atoms. The highest BCUT2D eigenvalue weighted by atomic mass is 32.2. The predicted molar refractivity (Wildman–Crippen MR) is 144 cm³/mol. The largest absolute Gasteiger partial charge is 0.460 e. The molecule has 1 aromatic heterocycles. The van der Waals surface area contributed by atoms with Gasteiger partial charge in [0.15, 0.2) is 0 Å². The number of nitrogens with one attached hydrogen (secondary N) is 2. The molecule has 0 unspecified atom stereocenters. The molecule has 2 aromatic rings. The summed E-state index contributed by atoms with van der Waals surface area (Å²) in [4.78, 5) is 26.8. The fraction of sp³-hybridized carbons (Fsp3) is 0.500. The number of carbonyl (C=O) groups excluding carboxylic acids is 2. The van der Waals surface area contributed by atoms with E-state index < -0.39 is 55.9 Å². The van der Waals surface area contributed by atoms with E-state index in [4.69, 9.17) is 4.74 Å². The highest BCUT2D eigenvalue weighted by Gasteiger charge is 2.39. The number of anilines is 1. The number of hydrogen-bond acceptors (Lipinski definition) is 8. The van der Waals surface area contributed by atoms with Crippen LogP contribution < -0.4 is 14.6 Å². The SMILES string of the molecule is CC(C)C[C@@H](C(=O)NN(c1ccccc1)S(C)(=O)=O)[C@H](CNS(=O)(=O)c1cccs1)C(=O)OC(C)(C)C. The molecular weight excluding hydrogens is 538 g/mol. The van der Waals surface area contributed by atoms with Gasteiger partial charge >= 0.3 is 5.97 Å². The van der Waals surface area contributed by atoms with Crippen LogP contribution in [0.5, 0.6) is 0 Å². The van der Waals surface area contributed by atoms with Gasteiger partial charge in [-0.1, -0.05) is 38.1 Å². The Morgan fingerprint density at radius 1 is 1.00 bits per heavy atom. The number of ether oxygens (including phenoxy) is 1. The van der Waals surface area contributed by atoms with E-state index in [-0.39, 0.29) is 22.2 Å². The second-order valence-electron chi connectivity index (χ2n) is 10.00. The van der Waals surface area contributed by atoms with Crippen LogP contribution in [-0.4, -0.2) is 47.1 Å². The Morgan fingerprint density at radius 3 is 2.11 bits per heavy atom. The molecule has 0 saturated heterocycles. The van der Waals surface area contributed by atoms with Crippen molar-refractivity contribution in [2.75, 3.05) is 17.2 Å². The summed E-state index contributed by atoms with van der Waals surface area (Å²) in [6, 6.07) is 11.0. The summed E-state index contributed by atoms with van der Waals surface area (Å²) in [6.07, 6.45) is 1.11. The molecule has 37 heavy (non-hydrogen) atoms. The van der Waals surface area contributed by atoms with Crippen molar-refractivity contribution < 1.29 is 31.2 Å². The van der Waals surface area contributed by atoms with E-state index in [0.29, 0.717) is 0 Å². The zero-order valence-corrected chi connectivity index (χ0v) is 24.2. The quantitative estimate of drug-likeness (QED) is 0.294. The normalized spacial score (nSPS) is 14.1. The predicted octanol–water partition coefficient (Wildman–Crippen LogP) is 3.14. The lowest BCUT2D eigenvalue weighted by atomic mass is 9.84. The number of hydrazine groups is 1. The molecule has 0 fully saturated rings. The summed E-state index contributed by atoms with van der Waals surface area (Å²) in [5, 5.41) is 1.61. The standard InChI is InChI=1S/C24H35N3O7S3/c1-17(2)15-19(22(28)26-27(36(6,30)31)18-11-8-7-9-12-18)20(23(29)34-24(3,4)5)16-25-37(32,33)21-13-10-14-35-21/h7-14,17,19-20,25H,15-16H2,1-6H3,(H,26,28)/t19-,20+/m1/s1. The monoisotopic (exact) mass is 573 g/mol. The third-order valence-corrected chi connectivity index (χ3v) is 8.83. The lowest BCUT2D eigenvalue weighted by Crippen LogP contribution is -2.52. The molecule has 0 aliphatic carbocycles. The minimum absolute atomic E-state index is 0.0626. The lowest BCUT2D eigenvalue weighted by molar-refractivity contribution is -0.163. The molecule has 1 amide bonds. The number of para-hydroxylation sites is 1. The summed E-state index contributed by atoms with van der Waals surface area (Å²) >= 11 is 1.01. The number of hydrogen-bond donors (Lipinski definition) is 2. The highest BCUT2D eigenvalue weighted by molar-refractivity contribution is 7.92. The van der Waals surface area contributed by atoms with Crippen LogP contribution in [-0.2, 0) is 34.4 Å². The topological polar surface area (TPSA) is 139 Å². The number of thiophene rings is 1. The summed E-state index contributed by atoms with van der Waals surface area (Å²) in [6.45, 7) is 8.26. The highest BCUT2D eigenvalue weighted by Crippen LogP contribution is 2.26. The van der Waals surface area contributed by atoms with E-state index in [0.717, 1.165) is 22.0 Å². The number of benzene rings is 1. The van der Waals surface area contributed by atoms with Gasteiger partial charge in [-0.3, -0.25) is 15.0 Å². The van der Waals surface area contributed by atoms with Crippen LogP contribution >= 0.6 is 11.3 Å². The van der Waals surface area contributed by atoms with Crippen LogP contribution in [0.4, 0.5) is 5.69 Å². The third kappa shape index (κ3) is 9.40. The van der Waals surface area contributed by atoms with Crippen LogP contribution in [0, 0.1) is 17.8 Å². The molecular formula is C24H35N3O7S3. The van der Waals surface area contributed by atoms with Crippen molar-refractivity contribution >= 4 is 48.9 Å². The van der Waals surface area contributed by atoms with Crippen molar-refractivity contribution in [3.8, 4) is 0 Å². The molecule has 0 aliphatic heterocycles. The van der Waals surface area contributed by atoms with Gasteiger partial charge in [0.05, 0.1) is 23.8 Å². The first-order valence-electron chi connectivity index (χ1n) is 11.6. The molecule has 2 rings (SSSR count). The molecule has 2 N–H and O–H groups in total. The molecule has 13 heteroatoms. The first-order valence-corrected chi connectivity index (χ1v) is 15.8. The zero-order valence-electron chi connectivity index (χ0n) is 21.8. The number of nitrogens with zero attached hydrogens (tertiary/aromatic N) is 1. The van der Waals surface area contributed by atoms with E-state index in [9.17, 15) is 26.4 Å². The molecule has 206 valence electrons. The van der Waals surface area contributed by atoms with Gasteiger partial charge in [-0.15, -0.1) is 11.3 Å². The average molecular weight is 574 g/mol. The van der Waals surface area contributed by atoms with Gasteiger partial charge in [0.2, 0.25) is 26.0 Å². The first kappa shape index (κ1) is 30.7. The van der Waals surface area contributed by atoms with Crippen molar-refractivity contribution in [1.82, 2.24) is 10.1 Å². The van der Waals surface area contributed by atoms with Gasteiger partial charge in [-0.2, -0.15) is 4.41 Å². The Kier molecular flexibility index (Phi) is 10.3. The van der Waals surface area contributed by atoms with E-state index in [2.05, 4.69) is 10.1 Å². The molecule has 0 aliphatic rings. The van der Waals surface area contributed by atoms with E-state index in [1.807, 2.05) is 13.8 Å². The fourth-order valence-corrected chi connectivity index (χ4v) is 6.36. The number of carbonyl (C=O) groups is 2. The lowest BCUT2D eigenvalue weighted by Gasteiger charge is -2.31. The number of amides is 1. The van der Waals surface area contributed by atoms with Crippen molar-refractivity contribution in [2.24, 2.45) is 17.8 Å². The van der Waals surface area contributed by atoms with Gasteiger partial charge in [0, 0.05) is 6.54 Å². The Bertz CT molecular complexity index is 1250. The van der Waals surface area contributed by atoms with Crippen molar-refractivity contribution in [2.45, 2.75) is 50.8 Å². The average Bonchev–Trinajstić information content (AvgIpc) is 3.31. The van der Waals surface area contributed by atoms with E-state index >= 15 is 0 Å². The van der Waals surface area contributed by atoms with Crippen molar-refractivity contribution in [3.05, 3.63) is 47.8 Å².